The van der Waals surface area contributed by atoms with Crippen molar-refractivity contribution in [3.63, 3.8) is 0 Å². The van der Waals surface area contributed by atoms with Gasteiger partial charge in [-0.1, -0.05) is 0 Å². The van der Waals surface area contributed by atoms with Gasteiger partial charge >= 0.3 is 6.09 Å². The molecule has 1 N–H and O–H groups in total. The smallest absolute Gasteiger partial charge is 0.410 e. The number of nitrogens with one attached hydrogen (secondary N) is 1. The van der Waals surface area contributed by atoms with Crippen LogP contribution in [-0.4, -0.2) is 36.2 Å². The maximum absolute atomic E-state index is 13.4. The first-order valence-electron chi connectivity index (χ1n) is 6.58. The fourth-order valence-corrected chi connectivity index (χ4v) is 2.36. The zero-order valence-corrected chi connectivity index (χ0v) is 11.5. The molecule has 1 heterocycles. The number of hydrogen-bond acceptors (Lipinski definition) is 3. The Morgan fingerprint density at radius 3 is 2.65 bits per heavy atom. The zero-order chi connectivity index (χ0) is 14.7. The van der Waals surface area contributed by atoms with Crippen LogP contribution >= 0.6 is 0 Å². The lowest BCUT2D eigenvalue weighted by molar-refractivity contribution is 0.0557. The predicted octanol–water partition coefficient (Wildman–Crippen LogP) is 2.28. The standard InChI is InChI=1S/C14H18F2N2O2/c1-9-6-17-7-10(2)18(9)14(19)20-8-11-5-12(15)3-4-13(11)16/h3-5,9-10,17H,6-8H2,1-2H3/t9-,10+. The molecule has 110 valence electrons. The Bertz CT molecular complexity index is 486. The second-order valence-electron chi connectivity index (χ2n) is 5.05. The number of piperazine rings is 1. The van der Waals surface area contributed by atoms with Crippen LogP contribution in [0.2, 0.25) is 0 Å². The Kier molecular flexibility index (Phi) is 4.54. The minimum atomic E-state index is -0.583. The van der Waals surface area contributed by atoms with E-state index >= 15 is 0 Å². The largest absolute Gasteiger partial charge is 0.444 e. The zero-order valence-electron chi connectivity index (χ0n) is 11.5. The second kappa shape index (κ2) is 6.17. The van der Waals surface area contributed by atoms with Crippen molar-refractivity contribution >= 4 is 6.09 Å². The first-order chi connectivity index (χ1) is 9.49. The molecule has 20 heavy (non-hydrogen) atoms. The van der Waals surface area contributed by atoms with Crippen molar-refractivity contribution < 1.29 is 18.3 Å². The molecule has 1 aliphatic rings. The highest BCUT2D eigenvalue weighted by molar-refractivity contribution is 5.68. The summed E-state index contributed by atoms with van der Waals surface area (Å²) in [6.45, 7) is 4.92. The minimum absolute atomic E-state index is 0.00334. The van der Waals surface area contributed by atoms with Gasteiger partial charge in [0.2, 0.25) is 0 Å². The summed E-state index contributed by atoms with van der Waals surface area (Å²) in [5, 5.41) is 3.20. The van der Waals surface area contributed by atoms with Crippen molar-refractivity contribution in [3.05, 3.63) is 35.4 Å². The van der Waals surface area contributed by atoms with Gasteiger partial charge in [-0.2, -0.15) is 0 Å². The topological polar surface area (TPSA) is 41.6 Å². The molecule has 0 bridgehead atoms. The molecule has 1 fully saturated rings. The lowest BCUT2D eigenvalue weighted by Crippen LogP contribution is -2.57. The maximum Gasteiger partial charge on any atom is 0.410 e. The van der Waals surface area contributed by atoms with Crippen LogP contribution in [0.5, 0.6) is 0 Å². The summed E-state index contributed by atoms with van der Waals surface area (Å²) < 4.78 is 31.6. The summed E-state index contributed by atoms with van der Waals surface area (Å²) in [6, 6.07) is 3.09. The van der Waals surface area contributed by atoms with Crippen molar-refractivity contribution in [1.29, 1.82) is 0 Å². The summed E-state index contributed by atoms with van der Waals surface area (Å²) >= 11 is 0. The van der Waals surface area contributed by atoms with E-state index in [1.54, 1.807) is 4.90 Å². The normalized spacial score (nSPS) is 22.7. The lowest BCUT2D eigenvalue weighted by Gasteiger charge is -2.38. The fourth-order valence-electron chi connectivity index (χ4n) is 2.36. The predicted molar refractivity (Wildman–Crippen MR) is 70.2 cm³/mol. The molecule has 1 saturated heterocycles. The summed E-state index contributed by atoms with van der Waals surface area (Å²) in [6.07, 6.45) is -0.504. The van der Waals surface area contributed by atoms with Crippen LogP contribution in [0.25, 0.3) is 0 Å². The van der Waals surface area contributed by atoms with Gasteiger partial charge in [-0.05, 0) is 32.0 Å². The molecule has 4 nitrogen and oxygen atoms in total. The number of hydrogen-bond donors (Lipinski definition) is 1. The molecule has 1 aliphatic heterocycles. The molecule has 0 aromatic heterocycles. The van der Waals surface area contributed by atoms with Gasteiger partial charge in [0.15, 0.2) is 0 Å². The third kappa shape index (κ3) is 3.25. The molecule has 0 aliphatic carbocycles. The van der Waals surface area contributed by atoms with Gasteiger partial charge in [0.05, 0.1) is 0 Å². The second-order valence-corrected chi connectivity index (χ2v) is 5.05. The number of carbonyl (C=O) groups excluding carboxylic acids is 1. The number of rotatable bonds is 2. The van der Waals surface area contributed by atoms with Crippen LogP contribution in [0, 0.1) is 11.6 Å². The molecule has 0 saturated carbocycles. The molecule has 0 spiro atoms. The Balaban J connectivity index is 1.99. The van der Waals surface area contributed by atoms with Crippen molar-refractivity contribution in [2.75, 3.05) is 13.1 Å². The average molecular weight is 284 g/mol. The highest BCUT2D eigenvalue weighted by atomic mass is 19.1. The molecule has 0 radical (unpaired) electrons. The van der Waals surface area contributed by atoms with Gasteiger partial charge in [-0.15, -0.1) is 0 Å². The van der Waals surface area contributed by atoms with E-state index < -0.39 is 17.7 Å². The molecule has 1 aromatic rings. The summed E-state index contributed by atoms with van der Waals surface area (Å²) in [5.41, 5.74) is 0.0359. The van der Waals surface area contributed by atoms with Crippen LogP contribution in [0.15, 0.2) is 18.2 Å². The van der Waals surface area contributed by atoms with Crippen LogP contribution in [-0.2, 0) is 11.3 Å². The van der Waals surface area contributed by atoms with Gasteiger partial charge in [0.1, 0.15) is 18.2 Å². The average Bonchev–Trinajstić information content (AvgIpc) is 2.39. The molecule has 1 aromatic carbocycles. The Labute approximate surface area is 116 Å². The fraction of sp³-hybridized carbons (Fsp3) is 0.500. The first-order valence-corrected chi connectivity index (χ1v) is 6.58. The lowest BCUT2D eigenvalue weighted by atomic mass is 10.1. The molecule has 2 atom stereocenters. The first kappa shape index (κ1) is 14.7. The molecule has 2 rings (SSSR count). The van der Waals surface area contributed by atoms with Crippen molar-refractivity contribution in [1.82, 2.24) is 10.2 Å². The highest BCUT2D eigenvalue weighted by Crippen LogP contribution is 2.15. The van der Waals surface area contributed by atoms with Crippen LogP contribution in [0.1, 0.15) is 19.4 Å². The number of benzene rings is 1. The quantitative estimate of drug-likeness (QED) is 0.906. The number of amides is 1. The van der Waals surface area contributed by atoms with E-state index in [4.69, 9.17) is 4.74 Å². The van der Waals surface area contributed by atoms with Crippen LogP contribution in [0.3, 0.4) is 0 Å². The number of halogens is 2. The number of carbonyl (C=O) groups is 1. The van der Waals surface area contributed by atoms with E-state index in [2.05, 4.69) is 5.32 Å². The van der Waals surface area contributed by atoms with Crippen molar-refractivity contribution in [2.24, 2.45) is 0 Å². The van der Waals surface area contributed by atoms with Gasteiger partial charge in [0.25, 0.3) is 0 Å². The highest BCUT2D eigenvalue weighted by Gasteiger charge is 2.30. The van der Waals surface area contributed by atoms with Crippen LogP contribution < -0.4 is 5.32 Å². The molecular formula is C14H18F2N2O2. The van der Waals surface area contributed by atoms with E-state index in [0.717, 1.165) is 18.2 Å². The Morgan fingerprint density at radius 2 is 2.00 bits per heavy atom. The van der Waals surface area contributed by atoms with E-state index in [1.165, 1.54) is 0 Å². The van der Waals surface area contributed by atoms with E-state index in [0.29, 0.717) is 13.1 Å². The van der Waals surface area contributed by atoms with E-state index in [-0.39, 0.29) is 24.3 Å². The summed E-state index contributed by atoms with van der Waals surface area (Å²) in [7, 11) is 0. The monoisotopic (exact) mass is 284 g/mol. The number of nitrogens with zero attached hydrogens (tertiary/aromatic N) is 1. The number of ether oxygens (including phenoxy) is 1. The third-order valence-corrected chi connectivity index (χ3v) is 3.40. The van der Waals surface area contributed by atoms with E-state index in [1.807, 2.05) is 13.8 Å². The Hall–Kier alpha value is -1.69. The van der Waals surface area contributed by atoms with Gasteiger partial charge in [-0.25, -0.2) is 13.6 Å². The van der Waals surface area contributed by atoms with Gasteiger partial charge in [-0.3, -0.25) is 0 Å². The molecule has 0 unspecified atom stereocenters. The Morgan fingerprint density at radius 1 is 1.35 bits per heavy atom. The molecule has 6 heteroatoms. The summed E-state index contributed by atoms with van der Waals surface area (Å²) in [4.78, 5) is 13.7. The van der Waals surface area contributed by atoms with Crippen LogP contribution in [0.4, 0.5) is 13.6 Å². The minimum Gasteiger partial charge on any atom is -0.444 e. The SMILES string of the molecule is C[C@@H]1CNC[C@H](C)N1C(=O)OCc1cc(F)ccc1F. The summed E-state index contributed by atoms with van der Waals surface area (Å²) in [5.74, 6) is -1.14. The molecule has 1 amide bonds. The van der Waals surface area contributed by atoms with Gasteiger partial charge < -0.3 is 15.0 Å². The third-order valence-electron chi connectivity index (χ3n) is 3.40. The van der Waals surface area contributed by atoms with Crippen molar-refractivity contribution in [2.45, 2.75) is 32.5 Å². The van der Waals surface area contributed by atoms with E-state index in [9.17, 15) is 13.6 Å². The maximum atomic E-state index is 13.4. The van der Waals surface area contributed by atoms with Crippen molar-refractivity contribution in [3.8, 4) is 0 Å². The van der Waals surface area contributed by atoms with Gasteiger partial charge in [0, 0.05) is 30.7 Å². The molecular weight excluding hydrogens is 266 g/mol.